The second-order valence-corrected chi connectivity index (χ2v) is 6.66. The molecule has 3 rings (SSSR count). The van der Waals surface area contributed by atoms with Crippen molar-refractivity contribution < 1.29 is 14.6 Å². The third kappa shape index (κ3) is 4.18. The minimum atomic E-state index is -0.840. The van der Waals surface area contributed by atoms with E-state index in [4.69, 9.17) is 9.84 Å². The molecule has 0 aliphatic rings. The third-order valence-electron chi connectivity index (χ3n) is 4.36. The number of rotatable bonds is 5. The SMILES string of the molecule is CO.Cc1ccc2c(=O)n(C)c(C(C=O)OC(C)C)c(-c3cccnc3)c2c1. The Kier molecular flexibility index (Phi) is 7.20. The van der Waals surface area contributed by atoms with E-state index in [0.717, 1.165) is 35.5 Å². The van der Waals surface area contributed by atoms with Crippen molar-refractivity contribution in [1.82, 2.24) is 9.55 Å². The smallest absolute Gasteiger partial charge is 0.258 e. The van der Waals surface area contributed by atoms with Gasteiger partial charge in [0.15, 0.2) is 12.4 Å². The van der Waals surface area contributed by atoms with E-state index in [1.165, 1.54) is 4.57 Å². The maximum Gasteiger partial charge on any atom is 0.258 e. The van der Waals surface area contributed by atoms with Gasteiger partial charge in [-0.25, -0.2) is 0 Å². The van der Waals surface area contributed by atoms with Gasteiger partial charge in [0.1, 0.15) is 0 Å². The van der Waals surface area contributed by atoms with Crippen LogP contribution in [0.1, 0.15) is 31.2 Å². The van der Waals surface area contributed by atoms with Crippen molar-refractivity contribution in [3.8, 4) is 11.1 Å². The lowest BCUT2D eigenvalue weighted by atomic mass is 9.94. The van der Waals surface area contributed by atoms with Gasteiger partial charge in [0.25, 0.3) is 5.56 Å². The van der Waals surface area contributed by atoms with Gasteiger partial charge in [0, 0.05) is 43.1 Å². The van der Waals surface area contributed by atoms with Crippen molar-refractivity contribution in [2.75, 3.05) is 7.11 Å². The van der Waals surface area contributed by atoms with Crippen LogP contribution in [0.25, 0.3) is 21.9 Å². The Balaban J connectivity index is 0.00000136. The number of benzene rings is 1. The Labute approximate surface area is 164 Å². The number of aryl methyl sites for hydroxylation is 1. The van der Waals surface area contributed by atoms with Crippen molar-refractivity contribution in [3.63, 3.8) is 0 Å². The number of aliphatic hydroxyl groups is 1. The molecule has 0 saturated heterocycles. The topological polar surface area (TPSA) is 81.4 Å². The van der Waals surface area contributed by atoms with Gasteiger partial charge in [0.2, 0.25) is 0 Å². The van der Waals surface area contributed by atoms with Crippen LogP contribution >= 0.6 is 0 Å². The highest BCUT2D eigenvalue weighted by molar-refractivity contribution is 5.98. The molecule has 0 radical (unpaired) electrons. The lowest BCUT2D eigenvalue weighted by molar-refractivity contribution is -0.121. The molecule has 0 fully saturated rings. The van der Waals surface area contributed by atoms with Crippen LogP contribution in [0.15, 0.2) is 47.5 Å². The molecule has 0 saturated carbocycles. The molecule has 1 atom stereocenters. The van der Waals surface area contributed by atoms with E-state index in [-0.39, 0.29) is 11.7 Å². The summed E-state index contributed by atoms with van der Waals surface area (Å²) in [6.07, 6.45) is 3.18. The van der Waals surface area contributed by atoms with Crippen LogP contribution in [0, 0.1) is 6.92 Å². The number of ether oxygens (including phenoxy) is 1. The first-order valence-electron chi connectivity index (χ1n) is 9.03. The van der Waals surface area contributed by atoms with Crippen LogP contribution in [-0.2, 0) is 16.6 Å². The summed E-state index contributed by atoms with van der Waals surface area (Å²) in [5, 5.41) is 8.41. The van der Waals surface area contributed by atoms with Crippen LogP contribution in [0.3, 0.4) is 0 Å². The van der Waals surface area contributed by atoms with E-state index in [1.807, 2.05) is 51.1 Å². The lowest BCUT2D eigenvalue weighted by Gasteiger charge is -2.23. The monoisotopic (exact) mass is 382 g/mol. The quantitative estimate of drug-likeness (QED) is 0.686. The van der Waals surface area contributed by atoms with Crippen LogP contribution in [-0.4, -0.2) is 34.2 Å². The Bertz CT molecular complexity index is 1010. The molecule has 0 aliphatic carbocycles. The predicted molar refractivity (Wildman–Crippen MR) is 110 cm³/mol. The molecule has 0 spiro atoms. The molecule has 1 aromatic carbocycles. The summed E-state index contributed by atoms with van der Waals surface area (Å²) in [6, 6.07) is 9.48. The zero-order valence-electron chi connectivity index (χ0n) is 16.8. The minimum Gasteiger partial charge on any atom is -0.400 e. The van der Waals surface area contributed by atoms with Gasteiger partial charge in [-0.2, -0.15) is 0 Å². The van der Waals surface area contributed by atoms with Crippen molar-refractivity contribution in [1.29, 1.82) is 0 Å². The molecule has 6 nitrogen and oxygen atoms in total. The Morgan fingerprint density at radius 3 is 2.46 bits per heavy atom. The molecule has 3 aromatic rings. The number of hydrogen-bond donors (Lipinski definition) is 1. The summed E-state index contributed by atoms with van der Waals surface area (Å²) in [4.78, 5) is 29.0. The first-order chi connectivity index (χ1) is 13.4. The maximum absolute atomic E-state index is 12.9. The molecule has 0 aliphatic heterocycles. The molecule has 148 valence electrons. The zero-order chi connectivity index (χ0) is 20.8. The summed E-state index contributed by atoms with van der Waals surface area (Å²) in [5.74, 6) is 0. The number of aromatic nitrogens is 2. The Morgan fingerprint density at radius 1 is 1.18 bits per heavy atom. The van der Waals surface area contributed by atoms with E-state index in [2.05, 4.69) is 4.98 Å². The number of carbonyl (C=O) groups is 1. The van der Waals surface area contributed by atoms with E-state index >= 15 is 0 Å². The molecule has 0 amide bonds. The minimum absolute atomic E-state index is 0.151. The molecule has 0 bridgehead atoms. The van der Waals surface area contributed by atoms with Gasteiger partial charge in [-0.1, -0.05) is 23.8 Å². The van der Waals surface area contributed by atoms with Crippen LogP contribution in [0.2, 0.25) is 0 Å². The third-order valence-corrected chi connectivity index (χ3v) is 4.36. The molecule has 2 heterocycles. The number of pyridine rings is 2. The molecule has 28 heavy (non-hydrogen) atoms. The van der Waals surface area contributed by atoms with Crippen molar-refractivity contribution >= 4 is 17.1 Å². The summed E-state index contributed by atoms with van der Waals surface area (Å²) in [7, 11) is 2.68. The zero-order valence-corrected chi connectivity index (χ0v) is 16.8. The van der Waals surface area contributed by atoms with Crippen molar-refractivity contribution in [2.45, 2.75) is 33.0 Å². The van der Waals surface area contributed by atoms with Gasteiger partial charge in [-0.15, -0.1) is 0 Å². The molecular weight excluding hydrogens is 356 g/mol. The second kappa shape index (κ2) is 9.39. The molecular formula is C22H26N2O4. The van der Waals surface area contributed by atoms with Crippen LogP contribution in [0.5, 0.6) is 0 Å². The highest BCUT2D eigenvalue weighted by Gasteiger charge is 2.24. The predicted octanol–water partition coefficient (Wildman–Crippen LogP) is 3.18. The fraction of sp³-hybridized carbons (Fsp3) is 0.318. The molecule has 1 N–H and O–H groups in total. The fourth-order valence-electron chi connectivity index (χ4n) is 3.25. The molecule has 1 unspecified atom stereocenters. The van der Waals surface area contributed by atoms with Gasteiger partial charge >= 0.3 is 0 Å². The van der Waals surface area contributed by atoms with Gasteiger partial charge in [0.05, 0.1) is 11.8 Å². The standard InChI is InChI=1S/C21H22N2O3.CH4O/c1-13(2)26-18(12-24)20-19(15-6-5-9-22-11-15)17-10-14(3)7-8-16(17)21(25)23(20)4;1-2/h5-13,18H,1-4H3;2H,1H3. The Morgan fingerprint density at radius 2 is 1.89 bits per heavy atom. The number of carbonyl (C=O) groups excluding carboxylic acids is 1. The summed E-state index contributed by atoms with van der Waals surface area (Å²) in [6.45, 7) is 5.71. The maximum atomic E-state index is 12.9. The van der Waals surface area contributed by atoms with E-state index in [0.29, 0.717) is 11.1 Å². The van der Waals surface area contributed by atoms with E-state index in [1.54, 1.807) is 19.4 Å². The van der Waals surface area contributed by atoms with Crippen molar-refractivity contribution in [2.24, 2.45) is 7.05 Å². The first-order valence-corrected chi connectivity index (χ1v) is 9.03. The van der Waals surface area contributed by atoms with Gasteiger partial charge in [-0.3, -0.25) is 9.78 Å². The number of aliphatic hydroxyl groups excluding tert-OH is 1. The Hall–Kier alpha value is -2.83. The highest BCUT2D eigenvalue weighted by atomic mass is 16.5. The summed E-state index contributed by atoms with van der Waals surface area (Å²) >= 11 is 0. The highest BCUT2D eigenvalue weighted by Crippen LogP contribution is 2.34. The van der Waals surface area contributed by atoms with Gasteiger partial charge in [-0.05, 0) is 38.3 Å². The van der Waals surface area contributed by atoms with E-state index in [9.17, 15) is 9.59 Å². The average molecular weight is 382 g/mol. The normalized spacial score (nSPS) is 11.8. The first kappa shape index (κ1) is 21.5. The average Bonchev–Trinajstić information content (AvgIpc) is 2.70. The molecule has 2 aromatic heterocycles. The number of aldehydes is 1. The largest absolute Gasteiger partial charge is 0.400 e. The molecule has 6 heteroatoms. The fourth-order valence-corrected chi connectivity index (χ4v) is 3.25. The van der Waals surface area contributed by atoms with Crippen molar-refractivity contribution in [3.05, 3.63) is 64.3 Å². The number of hydrogen-bond acceptors (Lipinski definition) is 5. The lowest BCUT2D eigenvalue weighted by Crippen LogP contribution is -2.26. The van der Waals surface area contributed by atoms with Crippen LogP contribution < -0.4 is 5.56 Å². The number of nitrogens with zero attached hydrogens (tertiary/aromatic N) is 2. The van der Waals surface area contributed by atoms with Crippen LogP contribution in [0.4, 0.5) is 0 Å². The summed E-state index contributed by atoms with van der Waals surface area (Å²) < 4.78 is 7.33. The second-order valence-electron chi connectivity index (χ2n) is 6.66. The van der Waals surface area contributed by atoms with E-state index < -0.39 is 6.10 Å². The number of fused-ring (bicyclic) bond motifs is 1. The summed E-state index contributed by atoms with van der Waals surface area (Å²) in [5.41, 5.74) is 3.07. The van der Waals surface area contributed by atoms with Gasteiger partial charge < -0.3 is 19.2 Å².